The van der Waals surface area contributed by atoms with Gasteiger partial charge in [0.25, 0.3) is 0 Å². The number of guanidine groups is 1. The molecule has 2 N–H and O–H groups in total. The predicted octanol–water partition coefficient (Wildman–Crippen LogP) is 1.93. The Morgan fingerprint density at radius 1 is 1.33 bits per heavy atom. The lowest BCUT2D eigenvalue weighted by Crippen LogP contribution is -2.41. The molecule has 1 rings (SSSR count). The van der Waals surface area contributed by atoms with Crippen LogP contribution in [0.2, 0.25) is 0 Å². The van der Waals surface area contributed by atoms with E-state index in [4.69, 9.17) is 4.74 Å². The number of hydrogen-bond donors (Lipinski definition) is 2. The second-order valence-electron chi connectivity index (χ2n) is 6.09. The highest BCUT2D eigenvalue weighted by molar-refractivity contribution is 14.0. The average molecular weight is 412 g/mol. The Kier molecular flexibility index (Phi) is 10.6. The first kappa shape index (κ1) is 20.9. The number of likely N-dealkylation sites (tertiary alicyclic amines) is 1. The number of aliphatic imine (C=N–C) groups is 1. The Morgan fingerprint density at radius 2 is 2.05 bits per heavy atom. The lowest BCUT2D eigenvalue weighted by Gasteiger charge is -2.22. The van der Waals surface area contributed by atoms with Crippen molar-refractivity contribution in [3.8, 4) is 0 Å². The zero-order valence-electron chi connectivity index (χ0n) is 14.2. The number of hydrogen-bond acceptors (Lipinski definition) is 3. The van der Waals surface area contributed by atoms with Crippen LogP contribution in [0.3, 0.4) is 0 Å². The highest BCUT2D eigenvalue weighted by Gasteiger charge is 2.21. The molecule has 0 aromatic heterocycles. The fraction of sp³-hybridized carbons (Fsp3) is 0.933. The Morgan fingerprint density at radius 3 is 2.57 bits per heavy atom. The van der Waals surface area contributed by atoms with Gasteiger partial charge in [-0.15, -0.1) is 24.0 Å². The maximum atomic E-state index is 5.40. The van der Waals surface area contributed by atoms with E-state index in [9.17, 15) is 0 Å². The summed E-state index contributed by atoms with van der Waals surface area (Å²) in [5, 5.41) is 6.76. The zero-order valence-corrected chi connectivity index (χ0v) is 16.6. The van der Waals surface area contributed by atoms with Crippen molar-refractivity contribution in [1.82, 2.24) is 15.5 Å². The van der Waals surface area contributed by atoms with Crippen LogP contribution in [-0.2, 0) is 4.74 Å². The molecule has 1 fully saturated rings. The van der Waals surface area contributed by atoms with Gasteiger partial charge in [-0.25, -0.2) is 0 Å². The van der Waals surface area contributed by atoms with Crippen LogP contribution >= 0.6 is 24.0 Å². The van der Waals surface area contributed by atoms with Gasteiger partial charge in [0.05, 0.1) is 12.1 Å². The first-order chi connectivity index (χ1) is 9.50. The second kappa shape index (κ2) is 10.6. The normalized spacial score (nSPS) is 20.2. The van der Waals surface area contributed by atoms with Gasteiger partial charge in [0.15, 0.2) is 5.96 Å². The quantitative estimate of drug-likeness (QED) is 0.381. The summed E-state index contributed by atoms with van der Waals surface area (Å²) in [5.74, 6) is 1.63. The molecule has 1 atom stereocenters. The molecule has 0 aliphatic carbocycles. The molecule has 0 aromatic rings. The van der Waals surface area contributed by atoms with Gasteiger partial charge >= 0.3 is 0 Å². The zero-order chi connectivity index (χ0) is 15.0. The van der Waals surface area contributed by atoms with Crippen molar-refractivity contribution < 1.29 is 4.74 Å². The van der Waals surface area contributed by atoms with Crippen LogP contribution in [0.1, 0.15) is 34.1 Å². The topological polar surface area (TPSA) is 48.9 Å². The number of halogens is 1. The van der Waals surface area contributed by atoms with Gasteiger partial charge in [0.2, 0.25) is 0 Å². The molecule has 0 bridgehead atoms. The SMILES string of the molecule is CCNC(=NCC(C)(C)OC)NCC1CCN(CC)C1.I. The third kappa shape index (κ3) is 8.21. The molecule has 1 aliphatic heterocycles. The molecule has 0 spiro atoms. The maximum Gasteiger partial charge on any atom is 0.191 e. The van der Waals surface area contributed by atoms with E-state index in [0.717, 1.165) is 31.5 Å². The first-order valence-corrected chi connectivity index (χ1v) is 7.80. The lowest BCUT2D eigenvalue weighted by molar-refractivity contribution is 0.0310. The second-order valence-corrected chi connectivity index (χ2v) is 6.09. The van der Waals surface area contributed by atoms with E-state index in [-0.39, 0.29) is 29.6 Å². The average Bonchev–Trinajstić information content (AvgIpc) is 2.90. The van der Waals surface area contributed by atoms with E-state index in [1.54, 1.807) is 7.11 Å². The van der Waals surface area contributed by atoms with E-state index >= 15 is 0 Å². The minimum Gasteiger partial charge on any atom is -0.377 e. The molecule has 1 heterocycles. The van der Waals surface area contributed by atoms with Crippen molar-refractivity contribution in [2.24, 2.45) is 10.9 Å². The molecule has 21 heavy (non-hydrogen) atoms. The third-order valence-electron chi connectivity index (χ3n) is 3.89. The fourth-order valence-electron chi connectivity index (χ4n) is 2.28. The summed E-state index contributed by atoms with van der Waals surface area (Å²) in [4.78, 5) is 7.12. The fourth-order valence-corrected chi connectivity index (χ4v) is 2.28. The molecule has 1 saturated heterocycles. The van der Waals surface area contributed by atoms with Gasteiger partial charge in [0, 0.05) is 26.7 Å². The molecule has 1 unspecified atom stereocenters. The summed E-state index contributed by atoms with van der Waals surface area (Å²) in [6.45, 7) is 14.5. The molecule has 5 nitrogen and oxygen atoms in total. The monoisotopic (exact) mass is 412 g/mol. The molecular weight excluding hydrogens is 379 g/mol. The van der Waals surface area contributed by atoms with Crippen LogP contribution in [0, 0.1) is 5.92 Å². The maximum absolute atomic E-state index is 5.40. The lowest BCUT2D eigenvalue weighted by atomic mass is 10.1. The van der Waals surface area contributed by atoms with Gasteiger partial charge in [-0.05, 0) is 46.2 Å². The number of rotatable bonds is 7. The van der Waals surface area contributed by atoms with Crippen LogP contribution < -0.4 is 10.6 Å². The van der Waals surface area contributed by atoms with Crippen LogP contribution in [0.15, 0.2) is 4.99 Å². The Hall–Kier alpha value is -0.0800. The third-order valence-corrected chi connectivity index (χ3v) is 3.89. The summed E-state index contributed by atoms with van der Waals surface area (Å²) in [5.41, 5.74) is -0.214. The van der Waals surface area contributed by atoms with Crippen molar-refractivity contribution in [1.29, 1.82) is 0 Å². The smallest absolute Gasteiger partial charge is 0.191 e. The Bertz CT molecular complexity index is 310. The van der Waals surface area contributed by atoms with E-state index in [2.05, 4.69) is 48.2 Å². The molecule has 0 radical (unpaired) electrons. The summed E-state index contributed by atoms with van der Waals surface area (Å²) in [6.07, 6.45) is 1.28. The highest BCUT2D eigenvalue weighted by atomic mass is 127. The van der Waals surface area contributed by atoms with E-state index in [1.807, 2.05) is 0 Å². The molecule has 0 saturated carbocycles. The molecule has 1 aliphatic rings. The molecular formula is C15H33IN4O. The Balaban J connectivity index is 0.00000400. The van der Waals surface area contributed by atoms with E-state index < -0.39 is 0 Å². The number of methoxy groups -OCH3 is 1. The minimum absolute atomic E-state index is 0. The molecule has 6 heteroatoms. The summed E-state index contributed by atoms with van der Waals surface area (Å²) >= 11 is 0. The van der Waals surface area contributed by atoms with Gasteiger partial charge in [-0.2, -0.15) is 0 Å². The van der Waals surface area contributed by atoms with Crippen LogP contribution in [-0.4, -0.2) is 62.8 Å². The first-order valence-electron chi connectivity index (χ1n) is 7.80. The van der Waals surface area contributed by atoms with Crippen molar-refractivity contribution in [3.05, 3.63) is 0 Å². The van der Waals surface area contributed by atoms with Gasteiger partial charge in [0.1, 0.15) is 0 Å². The van der Waals surface area contributed by atoms with Crippen molar-refractivity contribution in [2.75, 3.05) is 46.4 Å². The molecule has 126 valence electrons. The standard InChI is InChI=1S/C15H32N4O.HI/c1-6-16-14(18-12-15(3,4)20-5)17-10-13-8-9-19(7-2)11-13;/h13H,6-12H2,1-5H3,(H2,16,17,18);1H. The van der Waals surface area contributed by atoms with Crippen molar-refractivity contribution in [3.63, 3.8) is 0 Å². The van der Waals surface area contributed by atoms with Gasteiger partial charge in [-0.1, -0.05) is 6.92 Å². The Labute approximate surface area is 147 Å². The number of nitrogens with zero attached hydrogens (tertiary/aromatic N) is 2. The van der Waals surface area contributed by atoms with Crippen molar-refractivity contribution in [2.45, 2.75) is 39.7 Å². The van der Waals surface area contributed by atoms with Crippen molar-refractivity contribution >= 4 is 29.9 Å². The largest absolute Gasteiger partial charge is 0.377 e. The number of nitrogens with one attached hydrogen (secondary N) is 2. The molecule has 0 amide bonds. The molecule has 0 aromatic carbocycles. The highest BCUT2D eigenvalue weighted by Crippen LogP contribution is 2.14. The van der Waals surface area contributed by atoms with Crippen LogP contribution in [0.5, 0.6) is 0 Å². The van der Waals surface area contributed by atoms with Crippen LogP contribution in [0.4, 0.5) is 0 Å². The summed E-state index contributed by atoms with van der Waals surface area (Å²) < 4.78 is 5.40. The summed E-state index contributed by atoms with van der Waals surface area (Å²) in [6, 6.07) is 0. The van der Waals surface area contributed by atoms with E-state index in [0.29, 0.717) is 6.54 Å². The summed E-state index contributed by atoms with van der Waals surface area (Å²) in [7, 11) is 1.73. The minimum atomic E-state index is -0.214. The number of ether oxygens (including phenoxy) is 1. The van der Waals surface area contributed by atoms with Crippen LogP contribution in [0.25, 0.3) is 0 Å². The van der Waals surface area contributed by atoms with Gasteiger partial charge in [-0.3, -0.25) is 4.99 Å². The van der Waals surface area contributed by atoms with E-state index in [1.165, 1.54) is 19.5 Å². The van der Waals surface area contributed by atoms with Gasteiger partial charge < -0.3 is 20.3 Å². The predicted molar refractivity (Wildman–Crippen MR) is 101 cm³/mol.